The number of carboxylic acid groups (broad SMARTS) is 1. The fourth-order valence-electron chi connectivity index (χ4n) is 0.999. The van der Waals surface area contributed by atoms with Crippen LogP contribution in [0, 0.1) is 0 Å². The van der Waals surface area contributed by atoms with E-state index in [4.69, 9.17) is 5.11 Å². The van der Waals surface area contributed by atoms with Crippen molar-refractivity contribution in [2.45, 2.75) is 12.6 Å². The number of nitrogens with one attached hydrogen (secondary N) is 3. The first kappa shape index (κ1) is 12.9. The summed E-state index contributed by atoms with van der Waals surface area (Å²) in [6.45, 7) is 0.0601. The predicted octanol–water partition coefficient (Wildman–Crippen LogP) is -1.30. The third kappa shape index (κ3) is 4.47. The number of nitrogens with zero attached hydrogens (tertiary/aromatic N) is 2. The second kappa shape index (κ2) is 6.43. The first-order chi connectivity index (χ1) is 8.13. The van der Waals surface area contributed by atoms with E-state index < -0.39 is 18.1 Å². The van der Waals surface area contributed by atoms with E-state index in [-0.39, 0.29) is 13.1 Å². The summed E-state index contributed by atoms with van der Waals surface area (Å²) in [6, 6.07) is -0.510. The molecular formula is C8H13N5O4. The highest BCUT2D eigenvalue weighted by Gasteiger charge is 2.16. The summed E-state index contributed by atoms with van der Waals surface area (Å²) in [5, 5.41) is 19.6. The lowest BCUT2D eigenvalue weighted by Crippen LogP contribution is -2.42. The maximum Gasteiger partial charge on any atom is 0.334 e. The molecule has 0 aliphatic carbocycles. The van der Waals surface area contributed by atoms with Crippen molar-refractivity contribution in [1.82, 2.24) is 25.8 Å². The van der Waals surface area contributed by atoms with E-state index in [1.807, 2.05) is 0 Å². The lowest BCUT2D eigenvalue weighted by Gasteiger charge is -2.11. The zero-order valence-electron chi connectivity index (χ0n) is 9.14. The number of aliphatic carboxylic acids is 1. The molecule has 0 spiro atoms. The maximum atomic E-state index is 11.2. The van der Waals surface area contributed by atoms with E-state index in [0.717, 1.165) is 0 Å². The molecule has 0 bridgehead atoms. The van der Waals surface area contributed by atoms with E-state index in [0.29, 0.717) is 5.82 Å². The Morgan fingerprint density at radius 3 is 2.88 bits per heavy atom. The molecule has 94 valence electrons. The van der Waals surface area contributed by atoms with Crippen LogP contribution in [0.4, 0.5) is 4.79 Å². The van der Waals surface area contributed by atoms with E-state index in [9.17, 15) is 9.59 Å². The summed E-state index contributed by atoms with van der Waals surface area (Å²) in [7, 11) is 1.26. The number of amides is 2. The van der Waals surface area contributed by atoms with Gasteiger partial charge in [-0.15, -0.1) is 0 Å². The van der Waals surface area contributed by atoms with Gasteiger partial charge < -0.3 is 20.5 Å². The molecule has 4 N–H and O–H groups in total. The van der Waals surface area contributed by atoms with Crippen LogP contribution in [-0.2, 0) is 16.1 Å². The summed E-state index contributed by atoms with van der Waals surface area (Å²) in [5.41, 5.74) is 0. The van der Waals surface area contributed by atoms with Crippen LogP contribution in [0.1, 0.15) is 5.82 Å². The van der Waals surface area contributed by atoms with Gasteiger partial charge in [-0.3, -0.25) is 5.10 Å². The van der Waals surface area contributed by atoms with Crippen LogP contribution in [0.5, 0.6) is 0 Å². The number of urea groups is 1. The fraction of sp³-hybridized carbons (Fsp3) is 0.500. The molecule has 0 radical (unpaired) electrons. The zero-order chi connectivity index (χ0) is 12.7. The number of methoxy groups -OCH3 is 1. The van der Waals surface area contributed by atoms with Crippen LogP contribution in [0.15, 0.2) is 6.33 Å². The van der Waals surface area contributed by atoms with Crippen LogP contribution in [0.2, 0.25) is 0 Å². The number of hydrogen-bond donors (Lipinski definition) is 4. The number of carbonyl (C=O) groups excluding carboxylic acids is 1. The highest BCUT2D eigenvalue weighted by molar-refractivity contribution is 5.76. The molecule has 1 atom stereocenters. The molecule has 0 fully saturated rings. The maximum absolute atomic E-state index is 11.2. The Balaban J connectivity index is 2.23. The second-order valence-corrected chi connectivity index (χ2v) is 3.06. The summed E-state index contributed by atoms with van der Waals surface area (Å²) in [5.74, 6) is -0.635. The summed E-state index contributed by atoms with van der Waals surface area (Å²) in [6.07, 6.45) is 0.256. The molecule has 2 amide bonds. The van der Waals surface area contributed by atoms with Crippen molar-refractivity contribution < 1.29 is 19.4 Å². The van der Waals surface area contributed by atoms with Gasteiger partial charge in [0.1, 0.15) is 12.2 Å². The minimum Gasteiger partial charge on any atom is -0.479 e. The summed E-state index contributed by atoms with van der Waals surface area (Å²) < 4.78 is 4.64. The van der Waals surface area contributed by atoms with Crippen LogP contribution >= 0.6 is 0 Å². The molecule has 0 saturated heterocycles. The lowest BCUT2D eigenvalue weighted by molar-refractivity contribution is -0.147. The Morgan fingerprint density at radius 1 is 1.59 bits per heavy atom. The van der Waals surface area contributed by atoms with Crippen molar-refractivity contribution in [3.05, 3.63) is 12.2 Å². The molecule has 17 heavy (non-hydrogen) atoms. The van der Waals surface area contributed by atoms with Crippen LogP contribution < -0.4 is 10.6 Å². The minimum atomic E-state index is -1.14. The molecule has 1 heterocycles. The van der Waals surface area contributed by atoms with Gasteiger partial charge in [0.05, 0.1) is 13.1 Å². The zero-order valence-corrected chi connectivity index (χ0v) is 9.14. The van der Waals surface area contributed by atoms with Gasteiger partial charge in [0.15, 0.2) is 6.10 Å². The molecule has 0 aliphatic rings. The number of ether oxygens (including phenoxy) is 1. The Labute approximate surface area is 96.6 Å². The molecular weight excluding hydrogens is 230 g/mol. The van der Waals surface area contributed by atoms with Gasteiger partial charge >= 0.3 is 12.0 Å². The number of hydrogen-bond acceptors (Lipinski definition) is 5. The van der Waals surface area contributed by atoms with Gasteiger partial charge in [-0.2, -0.15) is 5.10 Å². The van der Waals surface area contributed by atoms with Crippen molar-refractivity contribution in [3.63, 3.8) is 0 Å². The Hall–Kier alpha value is -2.16. The molecule has 1 aromatic heterocycles. The van der Waals surface area contributed by atoms with Crippen LogP contribution in [0.25, 0.3) is 0 Å². The van der Waals surface area contributed by atoms with E-state index in [1.54, 1.807) is 0 Å². The van der Waals surface area contributed by atoms with Gasteiger partial charge in [-0.1, -0.05) is 0 Å². The molecule has 9 nitrogen and oxygen atoms in total. The second-order valence-electron chi connectivity index (χ2n) is 3.06. The molecule has 1 aromatic rings. The Morgan fingerprint density at radius 2 is 2.35 bits per heavy atom. The van der Waals surface area contributed by atoms with Crippen molar-refractivity contribution in [2.75, 3.05) is 13.7 Å². The van der Waals surface area contributed by atoms with E-state index in [2.05, 4.69) is 30.6 Å². The van der Waals surface area contributed by atoms with Gasteiger partial charge in [0.2, 0.25) is 0 Å². The SMILES string of the molecule is COC(CNC(=O)NCc1ncn[nH]1)C(=O)O. The number of aromatic amines is 1. The number of carboxylic acids is 1. The first-order valence-corrected chi connectivity index (χ1v) is 4.75. The number of rotatable bonds is 6. The van der Waals surface area contributed by atoms with Crippen molar-refractivity contribution in [1.29, 1.82) is 0 Å². The number of carbonyl (C=O) groups is 2. The van der Waals surface area contributed by atoms with E-state index in [1.165, 1.54) is 13.4 Å². The average Bonchev–Trinajstić information content (AvgIpc) is 2.79. The number of aromatic nitrogens is 3. The predicted molar refractivity (Wildman–Crippen MR) is 55.1 cm³/mol. The molecule has 0 aromatic carbocycles. The van der Waals surface area contributed by atoms with Crippen LogP contribution in [-0.4, -0.2) is 52.0 Å². The lowest BCUT2D eigenvalue weighted by atomic mass is 10.3. The molecule has 0 saturated carbocycles. The molecule has 1 unspecified atom stereocenters. The Bertz CT molecular complexity index is 366. The van der Waals surface area contributed by atoms with Gasteiger partial charge in [-0.05, 0) is 0 Å². The van der Waals surface area contributed by atoms with Crippen molar-refractivity contribution in [3.8, 4) is 0 Å². The molecule has 0 aliphatic heterocycles. The monoisotopic (exact) mass is 243 g/mol. The summed E-state index contributed by atoms with van der Waals surface area (Å²) >= 11 is 0. The summed E-state index contributed by atoms with van der Waals surface area (Å²) in [4.78, 5) is 25.6. The van der Waals surface area contributed by atoms with Crippen molar-refractivity contribution in [2.24, 2.45) is 0 Å². The third-order valence-corrected chi connectivity index (χ3v) is 1.89. The van der Waals surface area contributed by atoms with Gasteiger partial charge in [0.25, 0.3) is 0 Å². The highest BCUT2D eigenvalue weighted by Crippen LogP contribution is 1.88. The van der Waals surface area contributed by atoms with E-state index >= 15 is 0 Å². The molecule has 1 rings (SSSR count). The third-order valence-electron chi connectivity index (χ3n) is 1.89. The standard InChI is InChI=1S/C8H13N5O4/c1-17-5(7(14)15)2-9-8(16)10-3-6-11-4-12-13-6/h4-5H,2-3H2,1H3,(H,14,15)(H2,9,10,16)(H,11,12,13). The normalized spacial score (nSPS) is 11.8. The Kier molecular flexibility index (Phi) is 4.88. The smallest absolute Gasteiger partial charge is 0.334 e. The van der Waals surface area contributed by atoms with Crippen molar-refractivity contribution >= 4 is 12.0 Å². The highest BCUT2D eigenvalue weighted by atomic mass is 16.5. The average molecular weight is 243 g/mol. The topological polar surface area (TPSA) is 129 Å². The largest absolute Gasteiger partial charge is 0.479 e. The minimum absolute atomic E-state index is 0.117. The molecule has 9 heteroatoms. The van der Waals surface area contributed by atoms with Crippen LogP contribution in [0.3, 0.4) is 0 Å². The fourth-order valence-corrected chi connectivity index (χ4v) is 0.999. The number of H-pyrrole nitrogens is 1. The first-order valence-electron chi connectivity index (χ1n) is 4.75. The van der Waals surface area contributed by atoms with Gasteiger partial charge in [-0.25, -0.2) is 14.6 Å². The van der Waals surface area contributed by atoms with Gasteiger partial charge in [0, 0.05) is 7.11 Å². The quantitative estimate of drug-likeness (QED) is 0.491.